The van der Waals surface area contributed by atoms with Crippen LogP contribution in [0.1, 0.15) is 6.23 Å². The molecule has 124 valence electrons. The maximum absolute atomic E-state index is 14.1. The number of phosphoric ester groups is 1. The van der Waals surface area contributed by atoms with Crippen LogP contribution >= 0.6 is 30.4 Å². The summed E-state index contributed by atoms with van der Waals surface area (Å²) in [6, 6.07) is 0. The van der Waals surface area contributed by atoms with Gasteiger partial charge in [-0.2, -0.15) is 0 Å². The molecule has 1 saturated heterocycles. The Labute approximate surface area is 135 Å². The zero-order chi connectivity index (χ0) is 16.7. The van der Waals surface area contributed by atoms with E-state index in [1.54, 1.807) is 22.6 Å². The Morgan fingerprint density at radius 3 is 2.73 bits per heavy atom. The van der Waals surface area contributed by atoms with E-state index in [4.69, 9.17) is 14.5 Å². The summed E-state index contributed by atoms with van der Waals surface area (Å²) in [7, 11) is -4.81. The predicted molar refractivity (Wildman–Crippen MR) is 76.8 cm³/mol. The summed E-state index contributed by atoms with van der Waals surface area (Å²) in [6.45, 7) is -0.766. The Bertz CT molecular complexity index is 716. The number of aliphatic hydroxyl groups is 1. The Kier molecular flexibility index (Phi) is 5.21. The van der Waals surface area contributed by atoms with Crippen molar-refractivity contribution in [3.63, 3.8) is 0 Å². The number of rotatable bonds is 4. The monoisotopic (exact) mass is 452 g/mol. The van der Waals surface area contributed by atoms with Crippen molar-refractivity contribution in [3.05, 3.63) is 30.6 Å². The van der Waals surface area contributed by atoms with Crippen molar-refractivity contribution in [2.75, 3.05) is 6.61 Å². The Hall–Kier alpha value is -0.630. The summed E-state index contributed by atoms with van der Waals surface area (Å²) < 4.78 is 34.8. The molecule has 0 amide bonds. The van der Waals surface area contributed by atoms with Gasteiger partial charge in [0.05, 0.1) is 10.2 Å². The van der Waals surface area contributed by atoms with Crippen molar-refractivity contribution >= 4 is 30.4 Å². The number of H-pyrrole nitrogens is 1. The lowest BCUT2D eigenvalue weighted by molar-refractivity contribution is -0.0484. The van der Waals surface area contributed by atoms with Crippen molar-refractivity contribution in [3.8, 4) is 0 Å². The quantitative estimate of drug-likeness (QED) is 0.330. The molecule has 0 spiro atoms. The summed E-state index contributed by atoms with van der Waals surface area (Å²) in [5, 5.41) is 9.68. The molecule has 1 aromatic rings. The van der Waals surface area contributed by atoms with Crippen molar-refractivity contribution in [1.82, 2.24) is 9.55 Å². The number of alkyl halides is 1. The normalized spacial score (nSPS) is 29.0. The van der Waals surface area contributed by atoms with Crippen LogP contribution < -0.4 is 11.2 Å². The SMILES string of the molecule is O=c1[nH]c(=O)n([C@@H]2O[C@H](COP(=O)(O)O)[C@H](O)[C@H]2F)cc1I. The number of nitrogens with one attached hydrogen (secondary N) is 1. The third kappa shape index (κ3) is 3.82. The molecule has 2 rings (SSSR count). The number of hydrogen-bond acceptors (Lipinski definition) is 6. The molecule has 0 aromatic carbocycles. The lowest BCUT2D eigenvalue weighted by Crippen LogP contribution is -2.37. The van der Waals surface area contributed by atoms with Crippen LogP contribution in [0.4, 0.5) is 4.39 Å². The molecule has 13 heteroatoms. The molecule has 2 heterocycles. The van der Waals surface area contributed by atoms with Gasteiger partial charge in [-0.3, -0.25) is 18.9 Å². The van der Waals surface area contributed by atoms with Crippen molar-refractivity contribution in [1.29, 1.82) is 0 Å². The fourth-order valence-corrected chi connectivity index (χ4v) is 2.66. The summed E-state index contributed by atoms with van der Waals surface area (Å²) >= 11 is 1.63. The van der Waals surface area contributed by atoms with Crippen LogP contribution in [-0.4, -0.2) is 49.4 Å². The highest BCUT2D eigenvalue weighted by molar-refractivity contribution is 14.1. The minimum absolute atomic E-state index is 0.0948. The maximum Gasteiger partial charge on any atom is 0.469 e. The fraction of sp³-hybridized carbons (Fsp3) is 0.556. The van der Waals surface area contributed by atoms with Gasteiger partial charge in [-0.25, -0.2) is 13.8 Å². The van der Waals surface area contributed by atoms with E-state index in [1.165, 1.54) is 0 Å². The van der Waals surface area contributed by atoms with E-state index in [0.29, 0.717) is 0 Å². The molecule has 1 fully saturated rings. The highest BCUT2D eigenvalue weighted by atomic mass is 127. The van der Waals surface area contributed by atoms with Crippen LogP contribution in [0.2, 0.25) is 0 Å². The number of aliphatic hydroxyl groups excluding tert-OH is 1. The van der Waals surface area contributed by atoms with Gasteiger partial charge in [-0.05, 0) is 22.6 Å². The van der Waals surface area contributed by atoms with Gasteiger partial charge >= 0.3 is 13.5 Å². The molecule has 1 aromatic heterocycles. The number of aromatic nitrogens is 2. The molecule has 1 aliphatic heterocycles. The minimum atomic E-state index is -4.81. The van der Waals surface area contributed by atoms with Crippen LogP contribution in [0.25, 0.3) is 0 Å². The highest BCUT2D eigenvalue weighted by Crippen LogP contribution is 2.38. The number of hydrogen-bond donors (Lipinski definition) is 4. The second-order valence-electron chi connectivity index (χ2n) is 4.43. The average Bonchev–Trinajstić information content (AvgIpc) is 2.68. The molecule has 22 heavy (non-hydrogen) atoms. The molecule has 0 radical (unpaired) electrons. The summed E-state index contributed by atoms with van der Waals surface area (Å²) in [5.74, 6) is 0. The van der Waals surface area contributed by atoms with Crippen LogP contribution in [-0.2, 0) is 13.8 Å². The first kappa shape index (κ1) is 17.7. The smallest absolute Gasteiger partial charge is 0.387 e. The van der Waals surface area contributed by atoms with Crippen molar-refractivity contribution in [2.45, 2.75) is 24.6 Å². The molecule has 10 nitrogen and oxygen atoms in total. The predicted octanol–water partition coefficient (Wildman–Crippen LogP) is -1.15. The standard InChI is InChI=1S/C9H11FIN2O8P/c10-5-6(14)4(2-20-22(17,18)19)21-8(5)13-1-3(11)7(15)12-9(13)16/h1,4-6,8,14H,2H2,(H,12,15,16)(H2,17,18,19)/t4-,5-,6+,8-/m1/s1. The molecule has 0 unspecified atom stereocenters. The van der Waals surface area contributed by atoms with Gasteiger partial charge in [0.15, 0.2) is 12.4 Å². The number of phosphoric acid groups is 1. The molecule has 0 aliphatic carbocycles. The third-order valence-electron chi connectivity index (χ3n) is 2.90. The summed E-state index contributed by atoms with van der Waals surface area (Å²) in [4.78, 5) is 42.1. The van der Waals surface area contributed by atoms with E-state index in [1.807, 2.05) is 4.98 Å². The van der Waals surface area contributed by atoms with Gasteiger partial charge in [-0.15, -0.1) is 0 Å². The Morgan fingerprint density at radius 1 is 1.50 bits per heavy atom. The maximum atomic E-state index is 14.1. The van der Waals surface area contributed by atoms with Crippen LogP contribution in [0.15, 0.2) is 15.8 Å². The number of halogens is 2. The summed E-state index contributed by atoms with van der Waals surface area (Å²) in [6.07, 6.45) is -5.70. The van der Waals surface area contributed by atoms with Crippen molar-refractivity contribution < 1.29 is 33.1 Å². The molecule has 0 bridgehead atoms. The second kappa shape index (κ2) is 6.47. The Balaban J connectivity index is 2.23. The van der Waals surface area contributed by atoms with E-state index in [-0.39, 0.29) is 3.57 Å². The van der Waals surface area contributed by atoms with E-state index in [2.05, 4.69) is 4.52 Å². The van der Waals surface area contributed by atoms with Crippen LogP contribution in [0.5, 0.6) is 0 Å². The van der Waals surface area contributed by atoms with Gasteiger partial charge in [0, 0.05) is 6.20 Å². The fourth-order valence-electron chi connectivity index (χ4n) is 1.89. The highest BCUT2D eigenvalue weighted by Gasteiger charge is 2.46. The zero-order valence-corrected chi connectivity index (χ0v) is 13.7. The largest absolute Gasteiger partial charge is 0.469 e. The molecule has 4 N–H and O–H groups in total. The van der Waals surface area contributed by atoms with E-state index < -0.39 is 50.3 Å². The molecule has 0 saturated carbocycles. The molecular weight excluding hydrogens is 441 g/mol. The third-order valence-corrected chi connectivity index (χ3v) is 4.15. The summed E-state index contributed by atoms with van der Waals surface area (Å²) in [5.41, 5.74) is -1.60. The number of ether oxygens (including phenoxy) is 1. The first-order valence-electron chi connectivity index (χ1n) is 5.79. The second-order valence-corrected chi connectivity index (χ2v) is 6.83. The topological polar surface area (TPSA) is 151 Å². The number of aromatic amines is 1. The lowest BCUT2D eigenvalue weighted by atomic mass is 10.1. The lowest BCUT2D eigenvalue weighted by Gasteiger charge is -2.16. The minimum Gasteiger partial charge on any atom is -0.387 e. The first-order valence-corrected chi connectivity index (χ1v) is 8.39. The van der Waals surface area contributed by atoms with Gasteiger partial charge in [0.25, 0.3) is 5.56 Å². The first-order chi connectivity index (χ1) is 10.1. The zero-order valence-electron chi connectivity index (χ0n) is 10.6. The van der Waals surface area contributed by atoms with Gasteiger partial charge in [0.2, 0.25) is 0 Å². The Morgan fingerprint density at radius 2 is 2.14 bits per heavy atom. The van der Waals surface area contributed by atoms with Crippen molar-refractivity contribution in [2.24, 2.45) is 0 Å². The van der Waals surface area contributed by atoms with Gasteiger partial charge in [-0.1, -0.05) is 0 Å². The van der Waals surface area contributed by atoms with E-state index in [9.17, 15) is 23.7 Å². The molecular formula is C9H11FIN2O8P. The van der Waals surface area contributed by atoms with E-state index >= 15 is 0 Å². The van der Waals surface area contributed by atoms with E-state index in [0.717, 1.165) is 10.8 Å². The van der Waals surface area contributed by atoms with Crippen LogP contribution in [0, 0.1) is 3.57 Å². The average molecular weight is 452 g/mol. The molecule has 1 aliphatic rings. The number of nitrogens with zero attached hydrogens (tertiary/aromatic N) is 1. The van der Waals surface area contributed by atoms with Gasteiger partial charge in [0.1, 0.15) is 12.2 Å². The van der Waals surface area contributed by atoms with Crippen LogP contribution in [0.3, 0.4) is 0 Å². The molecule has 4 atom stereocenters. The van der Waals surface area contributed by atoms with Gasteiger partial charge < -0.3 is 19.6 Å².